The minimum atomic E-state index is -0.343. The number of nitrogens with zero attached hydrogens (tertiary/aromatic N) is 1. The highest BCUT2D eigenvalue weighted by atomic mass is 16.5. The van der Waals surface area contributed by atoms with Gasteiger partial charge in [0.05, 0.1) is 5.92 Å². The summed E-state index contributed by atoms with van der Waals surface area (Å²) in [6, 6.07) is 11.1. The zero-order valence-corrected chi connectivity index (χ0v) is 20.0. The molecule has 0 aliphatic carbocycles. The molecule has 2 aromatic rings. The van der Waals surface area contributed by atoms with Crippen LogP contribution < -0.4 is 20.3 Å². The third kappa shape index (κ3) is 6.34. The molecule has 0 saturated carbocycles. The standard InChI is InChI=1S/C26H33N3O4/c1-16(2)13-27-26(32)20-12-24(31)29(14-20)21-6-8-22(9-7-21)33-15-23(30)28-25-18(4)10-17(3)11-19(25)5/h6-11,16,20H,12-15H2,1-5H3,(H,27,32)(H,28,30)/t20-/m1/s1. The Morgan fingerprint density at radius 2 is 1.73 bits per heavy atom. The first-order chi connectivity index (χ1) is 15.6. The number of hydrogen-bond acceptors (Lipinski definition) is 4. The lowest BCUT2D eigenvalue weighted by atomic mass is 10.1. The minimum Gasteiger partial charge on any atom is -0.484 e. The molecule has 1 heterocycles. The van der Waals surface area contributed by atoms with Crippen LogP contribution in [0.1, 0.15) is 37.0 Å². The van der Waals surface area contributed by atoms with Crippen LogP contribution in [0, 0.1) is 32.6 Å². The molecule has 1 aliphatic rings. The van der Waals surface area contributed by atoms with E-state index in [4.69, 9.17) is 4.74 Å². The summed E-state index contributed by atoms with van der Waals surface area (Å²) in [7, 11) is 0. The predicted octanol–water partition coefficient (Wildman–Crippen LogP) is 3.75. The molecule has 176 valence electrons. The topological polar surface area (TPSA) is 87.7 Å². The molecule has 1 aliphatic heterocycles. The molecule has 7 heteroatoms. The van der Waals surface area contributed by atoms with E-state index in [2.05, 4.69) is 10.6 Å². The number of hydrogen-bond donors (Lipinski definition) is 2. The molecule has 0 bridgehead atoms. The van der Waals surface area contributed by atoms with Crippen molar-refractivity contribution in [1.82, 2.24) is 5.32 Å². The average molecular weight is 452 g/mol. The van der Waals surface area contributed by atoms with Crippen molar-refractivity contribution >= 4 is 29.1 Å². The molecule has 3 rings (SSSR count). The lowest BCUT2D eigenvalue weighted by Gasteiger charge is -2.17. The van der Waals surface area contributed by atoms with Gasteiger partial charge < -0.3 is 20.3 Å². The average Bonchev–Trinajstić information content (AvgIpc) is 3.15. The summed E-state index contributed by atoms with van der Waals surface area (Å²) in [5.41, 5.74) is 4.69. The van der Waals surface area contributed by atoms with Gasteiger partial charge in [0.25, 0.3) is 5.91 Å². The third-order valence-electron chi connectivity index (χ3n) is 5.64. The molecule has 2 aromatic carbocycles. The van der Waals surface area contributed by atoms with Crippen LogP contribution in [0.4, 0.5) is 11.4 Å². The molecule has 3 amide bonds. The lowest BCUT2D eigenvalue weighted by molar-refractivity contribution is -0.126. The van der Waals surface area contributed by atoms with E-state index < -0.39 is 0 Å². The first-order valence-corrected chi connectivity index (χ1v) is 11.3. The van der Waals surface area contributed by atoms with Crippen LogP contribution >= 0.6 is 0 Å². The van der Waals surface area contributed by atoms with Gasteiger partial charge in [-0.2, -0.15) is 0 Å². The number of amides is 3. The Morgan fingerprint density at radius 3 is 2.33 bits per heavy atom. The zero-order valence-electron chi connectivity index (χ0n) is 20.0. The van der Waals surface area contributed by atoms with E-state index in [0.717, 1.165) is 22.4 Å². The van der Waals surface area contributed by atoms with Crippen molar-refractivity contribution in [1.29, 1.82) is 0 Å². The van der Waals surface area contributed by atoms with E-state index in [1.807, 2.05) is 46.8 Å². The third-order valence-corrected chi connectivity index (χ3v) is 5.64. The van der Waals surface area contributed by atoms with Crippen LogP contribution in [-0.4, -0.2) is 37.4 Å². The lowest BCUT2D eigenvalue weighted by Crippen LogP contribution is -2.35. The Kier molecular flexibility index (Phi) is 7.74. The van der Waals surface area contributed by atoms with E-state index >= 15 is 0 Å². The van der Waals surface area contributed by atoms with Crippen LogP contribution in [0.2, 0.25) is 0 Å². The molecule has 1 atom stereocenters. The highest BCUT2D eigenvalue weighted by Gasteiger charge is 2.35. The van der Waals surface area contributed by atoms with Gasteiger partial charge >= 0.3 is 0 Å². The molecule has 2 N–H and O–H groups in total. The molecular weight excluding hydrogens is 418 g/mol. The first-order valence-electron chi connectivity index (χ1n) is 11.3. The van der Waals surface area contributed by atoms with Gasteiger partial charge in [0.15, 0.2) is 6.61 Å². The normalized spacial score (nSPS) is 15.6. The maximum Gasteiger partial charge on any atom is 0.262 e. The Balaban J connectivity index is 1.54. The van der Waals surface area contributed by atoms with E-state index in [0.29, 0.717) is 30.4 Å². The predicted molar refractivity (Wildman–Crippen MR) is 130 cm³/mol. The SMILES string of the molecule is Cc1cc(C)c(NC(=O)COc2ccc(N3C[C@H](C(=O)NCC(C)C)CC3=O)cc2)c(C)c1. The van der Waals surface area contributed by atoms with Crippen molar-refractivity contribution in [2.45, 2.75) is 41.0 Å². The number of carbonyl (C=O) groups excluding carboxylic acids is 3. The Bertz CT molecular complexity index is 1010. The quantitative estimate of drug-likeness (QED) is 0.640. The maximum atomic E-state index is 12.4. The van der Waals surface area contributed by atoms with Crippen molar-refractivity contribution in [3.63, 3.8) is 0 Å². The van der Waals surface area contributed by atoms with Gasteiger partial charge in [-0.05, 0) is 62.1 Å². The summed E-state index contributed by atoms with van der Waals surface area (Å²) >= 11 is 0. The number of benzene rings is 2. The molecule has 1 fully saturated rings. The number of aryl methyl sites for hydroxylation is 3. The summed E-state index contributed by atoms with van der Waals surface area (Å²) in [6.45, 7) is 10.9. The van der Waals surface area contributed by atoms with Crippen LogP contribution in [0.25, 0.3) is 0 Å². The molecule has 0 radical (unpaired) electrons. The Morgan fingerprint density at radius 1 is 1.09 bits per heavy atom. The van der Waals surface area contributed by atoms with Gasteiger partial charge in [0, 0.05) is 30.9 Å². The second-order valence-electron chi connectivity index (χ2n) is 9.15. The van der Waals surface area contributed by atoms with Crippen molar-refractivity contribution in [2.24, 2.45) is 11.8 Å². The van der Waals surface area contributed by atoms with Gasteiger partial charge in [-0.25, -0.2) is 0 Å². The van der Waals surface area contributed by atoms with E-state index in [1.54, 1.807) is 29.2 Å². The monoisotopic (exact) mass is 451 g/mol. The van der Waals surface area contributed by atoms with Gasteiger partial charge in [0.1, 0.15) is 5.75 Å². The number of nitrogens with one attached hydrogen (secondary N) is 2. The first kappa shape index (κ1) is 24.3. The highest BCUT2D eigenvalue weighted by molar-refractivity contribution is 6.00. The Hall–Kier alpha value is -3.35. The minimum absolute atomic E-state index is 0.0726. The fourth-order valence-electron chi connectivity index (χ4n) is 4.01. The summed E-state index contributed by atoms with van der Waals surface area (Å²) in [6.07, 6.45) is 0.209. The molecule has 0 unspecified atom stereocenters. The fourth-order valence-corrected chi connectivity index (χ4v) is 4.01. The molecule has 33 heavy (non-hydrogen) atoms. The van der Waals surface area contributed by atoms with Crippen LogP contribution in [0.3, 0.4) is 0 Å². The van der Waals surface area contributed by atoms with E-state index in [9.17, 15) is 14.4 Å². The second-order valence-corrected chi connectivity index (χ2v) is 9.15. The van der Waals surface area contributed by atoms with Gasteiger partial charge in [-0.1, -0.05) is 31.5 Å². The van der Waals surface area contributed by atoms with Crippen LogP contribution in [0.15, 0.2) is 36.4 Å². The summed E-state index contributed by atoms with van der Waals surface area (Å²) < 4.78 is 5.62. The Labute approximate surface area is 195 Å². The number of carbonyl (C=O) groups is 3. The van der Waals surface area contributed by atoms with Crippen LogP contribution in [0.5, 0.6) is 5.75 Å². The zero-order chi connectivity index (χ0) is 24.1. The number of ether oxygens (including phenoxy) is 1. The smallest absolute Gasteiger partial charge is 0.262 e. The van der Waals surface area contributed by atoms with Gasteiger partial charge in [0.2, 0.25) is 11.8 Å². The number of rotatable bonds is 8. The van der Waals surface area contributed by atoms with Gasteiger partial charge in [-0.3, -0.25) is 14.4 Å². The maximum absolute atomic E-state index is 12.4. The van der Waals surface area contributed by atoms with Crippen molar-refractivity contribution in [3.05, 3.63) is 53.1 Å². The van der Waals surface area contributed by atoms with Crippen LogP contribution in [-0.2, 0) is 14.4 Å². The molecule has 0 aromatic heterocycles. The highest BCUT2D eigenvalue weighted by Crippen LogP contribution is 2.27. The van der Waals surface area contributed by atoms with Gasteiger partial charge in [-0.15, -0.1) is 0 Å². The fraction of sp³-hybridized carbons (Fsp3) is 0.423. The second kappa shape index (κ2) is 10.5. The van der Waals surface area contributed by atoms with Crippen molar-refractivity contribution < 1.29 is 19.1 Å². The number of anilines is 2. The summed E-state index contributed by atoms with van der Waals surface area (Å²) in [4.78, 5) is 38.7. The van der Waals surface area contributed by atoms with Crippen molar-refractivity contribution in [2.75, 3.05) is 29.9 Å². The molecular formula is C26H33N3O4. The molecule has 7 nitrogen and oxygen atoms in total. The molecule has 1 saturated heterocycles. The van der Waals surface area contributed by atoms with Crippen molar-refractivity contribution in [3.8, 4) is 5.75 Å². The van der Waals surface area contributed by atoms with E-state index in [1.165, 1.54) is 0 Å². The summed E-state index contributed by atoms with van der Waals surface area (Å²) in [5, 5.41) is 5.82. The van der Waals surface area contributed by atoms with E-state index in [-0.39, 0.29) is 36.7 Å². The largest absolute Gasteiger partial charge is 0.484 e. The molecule has 0 spiro atoms. The summed E-state index contributed by atoms with van der Waals surface area (Å²) in [5.74, 6) is 0.163.